The second kappa shape index (κ2) is 18.1. The van der Waals surface area contributed by atoms with Gasteiger partial charge in [-0.15, -0.1) is 5.06 Å². The lowest BCUT2D eigenvalue weighted by atomic mass is 10.1. The number of carbonyl (C=O) groups excluding carboxylic acids is 4. The molecule has 1 aromatic heterocycles. The molecule has 3 amide bonds. The first-order valence-corrected chi connectivity index (χ1v) is 12.6. The van der Waals surface area contributed by atoms with Gasteiger partial charge in [0, 0.05) is 37.2 Å². The molecule has 12 nitrogen and oxygen atoms in total. The van der Waals surface area contributed by atoms with E-state index in [1.165, 1.54) is 0 Å². The quantitative estimate of drug-likeness (QED) is 0.191. The highest BCUT2D eigenvalue weighted by Crippen LogP contribution is 2.12. The maximum absolute atomic E-state index is 12.0. The van der Waals surface area contributed by atoms with Crippen LogP contribution in [0.1, 0.15) is 42.6 Å². The first kappa shape index (κ1) is 31.0. The van der Waals surface area contributed by atoms with E-state index < -0.39 is 17.8 Å². The first-order valence-electron chi connectivity index (χ1n) is 12.6. The highest BCUT2D eigenvalue weighted by Gasteiger charge is 2.32. The van der Waals surface area contributed by atoms with Crippen LogP contribution in [-0.2, 0) is 49.4 Å². The van der Waals surface area contributed by atoms with E-state index in [1.807, 2.05) is 19.1 Å². The topological polar surface area (TPSA) is 143 Å². The Labute approximate surface area is 222 Å². The van der Waals surface area contributed by atoms with Gasteiger partial charge in [-0.1, -0.05) is 12.7 Å². The van der Waals surface area contributed by atoms with Gasteiger partial charge in [0.2, 0.25) is 5.91 Å². The fourth-order valence-corrected chi connectivity index (χ4v) is 3.33. The Morgan fingerprint density at radius 2 is 1.50 bits per heavy atom. The molecule has 1 saturated heterocycles. The fourth-order valence-electron chi connectivity index (χ4n) is 3.33. The lowest BCUT2D eigenvalue weighted by Crippen LogP contribution is -2.32. The van der Waals surface area contributed by atoms with E-state index >= 15 is 0 Å². The van der Waals surface area contributed by atoms with Crippen molar-refractivity contribution >= 4 is 29.8 Å². The Morgan fingerprint density at radius 3 is 2.11 bits per heavy atom. The van der Waals surface area contributed by atoms with Crippen LogP contribution in [-0.4, -0.2) is 93.1 Å². The van der Waals surface area contributed by atoms with Crippen molar-refractivity contribution in [1.82, 2.24) is 15.4 Å². The number of nitrogens with one attached hydrogen (secondary N) is 1. The Bertz CT molecular complexity index is 923. The Morgan fingerprint density at radius 1 is 0.921 bits per heavy atom. The SMILES string of the molecule is C=Cc1cc(C)nc(CCC(=O)NCCOCCOCCOCCOCCC(=O)ON2C(=O)CCC2=O)c1. The molecule has 12 heteroatoms. The summed E-state index contributed by atoms with van der Waals surface area (Å²) in [7, 11) is 0. The average Bonchev–Trinajstić information content (AvgIpc) is 3.21. The number of hydroxylamine groups is 2. The monoisotopic (exact) mass is 535 g/mol. The van der Waals surface area contributed by atoms with Gasteiger partial charge in [0.1, 0.15) is 0 Å². The molecular formula is C26H37N3O9. The third-order valence-electron chi connectivity index (χ3n) is 5.21. The number of ether oxygens (including phenoxy) is 4. The summed E-state index contributed by atoms with van der Waals surface area (Å²) in [5.41, 5.74) is 2.77. The van der Waals surface area contributed by atoms with Crippen LogP contribution in [0.15, 0.2) is 18.7 Å². The number of rotatable bonds is 20. The summed E-state index contributed by atoms with van der Waals surface area (Å²) in [6, 6.07) is 3.88. The Kier molecular flexibility index (Phi) is 14.8. The fraction of sp³-hybridized carbons (Fsp3) is 0.577. The average molecular weight is 536 g/mol. The molecule has 0 atom stereocenters. The molecule has 1 aliphatic heterocycles. The summed E-state index contributed by atoms with van der Waals surface area (Å²) >= 11 is 0. The van der Waals surface area contributed by atoms with E-state index in [-0.39, 0.29) is 38.4 Å². The van der Waals surface area contributed by atoms with Crippen LogP contribution in [0.3, 0.4) is 0 Å². The third kappa shape index (κ3) is 12.9. The van der Waals surface area contributed by atoms with E-state index in [9.17, 15) is 19.2 Å². The van der Waals surface area contributed by atoms with Gasteiger partial charge in [-0.3, -0.25) is 19.4 Å². The molecule has 0 aliphatic carbocycles. The normalized spacial score (nSPS) is 13.1. The van der Waals surface area contributed by atoms with Crippen molar-refractivity contribution < 1.29 is 43.0 Å². The van der Waals surface area contributed by atoms with Crippen LogP contribution in [0.4, 0.5) is 0 Å². The Balaban J connectivity index is 1.32. The van der Waals surface area contributed by atoms with Crippen molar-refractivity contribution in [2.75, 3.05) is 59.4 Å². The molecule has 2 heterocycles. The largest absolute Gasteiger partial charge is 0.378 e. The molecule has 0 bridgehead atoms. The van der Waals surface area contributed by atoms with Crippen LogP contribution in [0.5, 0.6) is 0 Å². The zero-order valence-electron chi connectivity index (χ0n) is 21.9. The second-order valence-electron chi connectivity index (χ2n) is 8.33. The smallest absolute Gasteiger partial charge is 0.335 e. The molecule has 2 rings (SSSR count). The zero-order valence-corrected chi connectivity index (χ0v) is 21.9. The number of amides is 3. The molecule has 210 valence electrons. The predicted molar refractivity (Wildman–Crippen MR) is 135 cm³/mol. The third-order valence-corrected chi connectivity index (χ3v) is 5.21. The molecule has 0 saturated carbocycles. The minimum atomic E-state index is -0.703. The minimum absolute atomic E-state index is 0.0515. The van der Waals surface area contributed by atoms with Gasteiger partial charge in [-0.05, 0) is 31.0 Å². The van der Waals surface area contributed by atoms with Crippen molar-refractivity contribution in [3.63, 3.8) is 0 Å². The van der Waals surface area contributed by atoms with E-state index in [0.717, 1.165) is 17.0 Å². The van der Waals surface area contributed by atoms with Crippen molar-refractivity contribution in [3.8, 4) is 0 Å². The molecule has 0 radical (unpaired) electrons. The second-order valence-corrected chi connectivity index (χ2v) is 8.33. The van der Waals surface area contributed by atoms with Gasteiger partial charge in [0.15, 0.2) is 0 Å². The van der Waals surface area contributed by atoms with Crippen LogP contribution >= 0.6 is 0 Å². The van der Waals surface area contributed by atoms with E-state index in [0.29, 0.717) is 64.1 Å². The summed E-state index contributed by atoms with van der Waals surface area (Å²) in [4.78, 5) is 55.5. The molecule has 38 heavy (non-hydrogen) atoms. The van der Waals surface area contributed by atoms with Crippen molar-refractivity contribution in [3.05, 3.63) is 35.7 Å². The summed E-state index contributed by atoms with van der Waals surface area (Å²) in [6.45, 7) is 8.77. The van der Waals surface area contributed by atoms with Crippen molar-refractivity contribution in [2.45, 2.75) is 39.0 Å². The highest BCUT2D eigenvalue weighted by molar-refractivity contribution is 6.01. The van der Waals surface area contributed by atoms with Crippen LogP contribution in [0, 0.1) is 6.92 Å². The Hall–Kier alpha value is -3.19. The summed E-state index contributed by atoms with van der Waals surface area (Å²) in [6.07, 6.45) is 2.73. The molecule has 0 spiro atoms. The summed E-state index contributed by atoms with van der Waals surface area (Å²) < 4.78 is 21.5. The predicted octanol–water partition coefficient (Wildman–Crippen LogP) is 1.15. The zero-order chi connectivity index (χ0) is 27.6. The number of hydrogen-bond acceptors (Lipinski definition) is 10. The lowest BCUT2D eigenvalue weighted by Gasteiger charge is -2.12. The standard InChI is InChI=1S/C26H37N3O9/c1-3-21-18-20(2)28-22(19-21)4-5-23(30)27-9-11-35-13-15-37-17-16-36-14-12-34-10-8-26(33)38-29-24(31)6-7-25(29)32/h3,18-19H,1,4-17H2,2H3,(H,27,30). The van der Waals surface area contributed by atoms with Gasteiger partial charge in [-0.2, -0.15) is 0 Å². The maximum Gasteiger partial charge on any atom is 0.335 e. The van der Waals surface area contributed by atoms with Gasteiger partial charge >= 0.3 is 5.97 Å². The molecule has 0 unspecified atom stereocenters. The van der Waals surface area contributed by atoms with Crippen LogP contribution in [0.25, 0.3) is 6.08 Å². The molecular weight excluding hydrogens is 498 g/mol. The van der Waals surface area contributed by atoms with E-state index in [1.54, 1.807) is 6.08 Å². The summed E-state index contributed by atoms with van der Waals surface area (Å²) in [5, 5.41) is 3.34. The van der Waals surface area contributed by atoms with Crippen molar-refractivity contribution in [2.24, 2.45) is 0 Å². The number of hydrogen-bond donors (Lipinski definition) is 1. The maximum atomic E-state index is 12.0. The molecule has 0 aromatic carbocycles. The minimum Gasteiger partial charge on any atom is -0.378 e. The highest BCUT2D eigenvalue weighted by atomic mass is 16.7. The number of nitrogens with zero attached hydrogens (tertiary/aromatic N) is 2. The van der Waals surface area contributed by atoms with Crippen LogP contribution in [0.2, 0.25) is 0 Å². The number of carbonyl (C=O) groups is 4. The molecule has 1 N–H and O–H groups in total. The van der Waals surface area contributed by atoms with Gasteiger partial charge in [-0.25, -0.2) is 4.79 Å². The van der Waals surface area contributed by atoms with Gasteiger partial charge in [0.05, 0.1) is 59.3 Å². The van der Waals surface area contributed by atoms with E-state index in [4.69, 9.17) is 23.8 Å². The number of aryl methyl sites for hydroxylation is 2. The number of aromatic nitrogens is 1. The lowest BCUT2D eigenvalue weighted by molar-refractivity contribution is -0.198. The molecule has 1 aliphatic rings. The van der Waals surface area contributed by atoms with Crippen molar-refractivity contribution in [1.29, 1.82) is 0 Å². The summed E-state index contributed by atoms with van der Waals surface area (Å²) in [5.74, 6) is -1.78. The number of pyridine rings is 1. The molecule has 1 fully saturated rings. The van der Waals surface area contributed by atoms with Gasteiger partial charge in [0.25, 0.3) is 11.8 Å². The van der Waals surface area contributed by atoms with E-state index in [2.05, 4.69) is 16.9 Å². The number of imide groups is 1. The molecule has 1 aromatic rings. The van der Waals surface area contributed by atoms with Gasteiger partial charge < -0.3 is 29.1 Å². The van der Waals surface area contributed by atoms with Crippen LogP contribution < -0.4 is 5.32 Å². The first-order chi connectivity index (χ1) is 18.4.